The second kappa shape index (κ2) is 10.2. The number of hydrogen-bond acceptors (Lipinski definition) is 4. The van der Waals surface area contributed by atoms with Crippen molar-refractivity contribution in [1.29, 1.82) is 0 Å². The molecule has 2 N–H and O–H groups in total. The number of benzene rings is 2. The third-order valence-corrected chi connectivity index (χ3v) is 7.03. The Bertz CT molecular complexity index is 885. The number of hydrogen-bond donors (Lipinski definition) is 2. The number of carbonyl (C=O) groups excluding carboxylic acids is 2. The van der Waals surface area contributed by atoms with Gasteiger partial charge in [0.25, 0.3) is 5.91 Å². The molecule has 0 aliphatic carbocycles. The molecule has 0 bridgehead atoms. The molecule has 1 aliphatic heterocycles. The van der Waals surface area contributed by atoms with Crippen LogP contribution in [0.4, 0.5) is 5.69 Å². The number of carbonyl (C=O) groups is 2. The van der Waals surface area contributed by atoms with E-state index in [9.17, 15) is 9.59 Å². The maximum atomic E-state index is 13.1. The van der Waals surface area contributed by atoms with E-state index in [4.69, 9.17) is 9.47 Å². The van der Waals surface area contributed by atoms with E-state index >= 15 is 0 Å². The maximum absolute atomic E-state index is 13.1. The van der Waals surface area contributed by atoms with Gasteiger partial charge in [-0.2, -0.15) is 0 Å². The molecule has 1 heterocycles. The van der Waals surface area contributed by atoms with E-state index in [1.807, 2.05) is 24.3 Å². The SMILES string of the molecule is COc1ccc(C(NC(=O)CC2CCOC2)C(=O)Nc2ccc(S(C)(C)C)cc2)cc1. The second-order valence-corrected chi connectivity index (χ2v) is 12.7. The molecule has 1 saturated heterocycles. The molecule has 2 aromatic carbocycles. The average molecular weight is 445 g/mol. The smallest absolute Gasteiger partial charge is 0.251 e. The second-order valence-electron chi connectivity index (χ2n) is 8.56. The summed E-state index contributed by atoms with van der Waals surface area (Å²) in [4.78, 5) is 27.1. The zero-order valence-corrected chi connectivity index (χ0v) is 19.5. The molecule has 1 aliphatic rings. The summed E-state index contributed by atoms with van der Waals surface area (Å²) in [5.74, 6) is 0.458. The summed E-state index contributed by atoms with van der Waals surface area (Å²) < 4.78 is 10.6. The minimum atomic E-state index is -0.833. The molecule has 31 heavy (non-hydrogen) atoms. The van der Waals surface area contributed by atoms with Crippen LogP contribution in [0.1, 0.15) is 24.4 Å². The Morgan fingerprint density at radius 1 is 1.10 bits per heavy atom. The van der Waals surface area contributed by atoms with Crippen LogP contribution < -0.4 is 15.4 Å². The number of methoxy groups -OCH3 is 1. The van der Waals surface area contributed by atoms with Gasteiger partial charge in [-0.25, -0.2) is 10.0 Å². The first-order valence-corrected chi connectivity index (χ1v) is 13.2. The van der Waals surface area contributed by atoms with Gasteiger partial charge in [-0.15, -0.1) is 0 Å². The maximum Gasteiger partial charge on any atom is 0.251 e. The Kier molecular flexibility index (Phi) is 7.62. The summed E-state index contributed by atoms with van der Waals surface area (Å²) in [6, 6.07) is 14.3. The molecule has 1 fully saturated rings. The highest BCUT2D eigenvalue weighted by molar-refractivity contribution is 8.32. The minimum Gasteiger partial charge on any atom is -0.497 e. The van der Waals surface area contributed by atoms with Crippen LogP contribution in [0.3, 0.4) is 0 Å². The molecule has 0 radical (unpaired) electrons. The van der Waals surface area contributed by atoms with Gasteiger partial charge in [0.2, 0.25) is 5.91 Å². The van der Waals surface area contributed by atoms with Crippen molar-refractivity contribution in [3.63, 3.8) is 0 Å². The standard InChI is InChI=1S/C24H32N2O4S/c1-29-20-9-5-18(6-10-20)23(26-22(27)15-17-13-14-30-16-17)24(28)25-19-7-11-21(12-8-19)31(2,3)4/h5-12,17,23H,13-16H2,1-4H3,(H,25,28)(H,26,27). The third kappa shape index (κ3) is 6.48. The predicted molar refractivity (Wildman–Crippen MR) is 126 cm³/mol. The van der Waals surface area contributed by atoms with Crippen LogP contribution in [-0.4, -0.2) is 50.9 Å². The van der Waals surface area contributed by atoms with Crippen molar-refractivity contribution in [3.8, 4) is 5.75 Å². The lowest BCUT2D eigenvalue weighted by atomic mass is 10.0. The van der Waals surface area contributed by atoms with Gasteiger partial charge in [0.1, 0.15) is 11.8 Å². The van der Waals surface area contributed by atoms with E-state index in [0.29, 0.717) is 36.6 Å². The number of amides is 2. The first kappa shape index (κ1) is 23.2. The number of rotatable bonds is 8. The van der Waals surface area contributed by atoms with Crippen molar-refractivity contribution in [2.45, 2.75) is 23.8 Å². The monoisotopic (exact) mass is 444 g/mol. The first-order valence-electron chi connectivity index (χ1n) is 10.4. The Labute approximate surface area is 186 Å². The quantitative estimate of drug-likeness (QED) is 0.646. The van der Waals surface area contributed by atoms with E-state index in [1.165, 1.54) is 4.90 Å². The van der Waals surface area contributed by atoms with Crippen LogP contribution >= 0.6 is 10.0 Å². The summed E-state index contributed by atoms with van der Waals surface area (Å²) in [5.41, 5.74) is 1.40. The summed E-state index contributed by atoms with van der Waals surface area (Å²) >= 11 is 0. The van der Waals surface area contributed by atoms with E-state index in [0.717, 1.165) is 6.42 Å². The van der Waals surface area contributed by atoms with Gasteiger partial charge >= 0.3 is 0 Å². The van der Waals surface area contributed by atoms with E-state index in [2.05, 4.69) is 29.4 Å². The number of nitrogens with one attached hydrogen (secondary N) is 2. The van der Waals surface area contributed by atoms with Gasteiger partial charge < -0.3 is 20.1 Å². The lowest BCUT2D eigenvalue weighted by Crippen LogP contribution is -2.37. The normalized spacial score (nSPS) is 17.6. The number of anilines is 1. The van der Waals surface area contributed by atoms with Crippen LogP contribution in [0, 0.1) is 5.92 Å². The molecule has 2 aromatic rings. The Morgan fingerprint density at radius 2 is 1.77 bits per heavy atom. The van der Waals surface area contributed by atoms with Gasteiger partial charge in [-0.05, 0) is 78.0 Å². The zero-order chi connectivity index (χ0) is 22.4. The fraction of sp³-hybridized carbons (Fsp3) is 0.417. The fourth-order valence-electron chi connectivity index (χ4n) is 3.48. The highest BCUT2D eigenvalue weighted by Crippen LogP contribution is 2.45. The van der Waals surface area contributed by atoms with Crippen molar-refractivity contribution < 1.29 is 19.1 Å². The van der Waals surface area contributed by atoms with Gasteiger partial charge in [0.05, 0.1) is 7.11 Å². The van der Waals surface area contributed by atoms with E-state index in [1.54, 1.807) is 31.4 Å². The van der Waals surface area contributed by atoms with Crippen molar-refractivity contribution in [2.24, 2.45) is 5.92 Å². The van der Waals surface area contributed by atoms with Gasteiger partial charge in [0, 0.05) is 25.3 Å². The average Bonchev–Trinajstić information content (AvgIpc) is 3.25. The molecule has 0 saturated carbocycles. The molecule has 2 unspecified atom stereocenters. The summed E-state index contributed by atoms with van der Waals surface area (Å²) in [6.45, 7) is 1.28. The van der Waals surface area contributed by atoms with Crippen LogP contribution in [0.5, 0.6) is 5.75 Å². The summed E-state index contributed by atoms with van der Waals surface area (Å²) in [5, 5.41) is 5.86. The molecular weight excluding hydrogens is 412 g/mol. The minimum absolute atomic E-state index is 0.154. The lowest BCUT2D eigenvalue weighted by molar-refractivity contribution is -0.127. The van der Waals surface area contributed by atoms with Crippen molar-refractivity contribution >= 4 is 27.5 Å². The highest BCUT2D eigenvalue weighted by Gasteiger charge is 2.26. The first-order chi connectivity index (χ1) is 14.8. The van der Waals surface area contributed by atoms with Crippen molar-refractivity contribution in [3.05, 3.63) is 54.1 Å². The van der Waals surface area contributed by atoms with Crippen LogP contribution in [0.2, 0.25) is 0 Å². The molecule has 0 spiro atoms. The molecule has 0 aromatic heterocycles. The Hall–Kier alpha value is -2.51. The highest BCUT2D eigenvalue weighted by atomic mass is 32.3. The molecule has 168 valence electrons. The van der Waals surface area contributed by atoms with Gasteiger partial charge in [0.15, 0.2) is 0 Å². The topological polar surface area (TPSA) is 76.7 Å². The zero-order valence-electron chi connectivity index (χ0n) is 18.6. The molecule has 6 nitrogen and oxygen atoms in total. The largest absolute Gasteiger partial charge is 0.497 e. The van der Waals surface area contributed by atoms with Gasteiger partial charge in [-0.1, -0.05) is 12.1 Å². The van der Waals surface area contributed by atoms with Gasteiger partial charge in [-0.3, -0.25) is 9.59 Å². The summed E-state index contributed by atoms with van der Waals surface area (Å²) in [7, 11) is 0.758. The molecule has 7 heteroatoms. The van der Waals surface area contributed by atoms with E-state index in [-0.39, 0.29) is 17.7 Å². The van der Waals surface area contributed by atoms with E-state index < -0.39 is 16.1 Å². The molecule has 3 rings (SSSR count). The van der Waals surface area contributed by atoms with Crippen molar-refractivity contribution in [2.75, 3.05) is 44.4 Å². The molecule has 2 atom stereocenters. The summed E-state index contributed by atoms with van der Waals surface area (Å²) in [6.07, 6.45) is 7.90. The molecule has 2 amide bonds. The molecular formula is C24H32N2O4S. The Morgan fingerprint density at radius 3 is 2.32 bits per heavy atom. The van der Waals surface area contributed by atoms with Crippen molar-refractivity contribution in [1.82, 2.24) is 5.32 Å². The van der Waals surface area contributed by atoms with Crippen LogP contribution in [-0.2, 0) is 14.3 Å². The fourth-order valence-corrected chi connectivity index (χ4v) is 4.44. The third-order valence-electron chi connectivity index (χ3n) is 5.34. The number of ether oxygens (including phenoxy) is 2. The Balaban J connectivity index is 1.75. The predicted octanol–water partition coefficient (Wildman–Crippen LogP) is 3.97. The lowest BCUT2D eigenvalue weighted by Gasteiger charge is -2.26. The van der Waals surface area contributed by atoms with Crippen LogP contribution in [0.15, 0.2) is 53.4 Å². The van der Waals surface area contributed by atoms with Crippen LogP contribution in [0.25, 0.3) is 0 Å².